The molecule has 238 valence electrons. The van der Waals surface area contributed by atoms with E-state index in [-0.39, 0.29) is 31.6 Å². The molecule has 4 atom stereocenters. The van der Waals surface area contributed by atoms with Gasteiger partial charge in [0.2, 0.25) is 29.5 Å². The molecule has 0 bridgehead atoms. The van der Waals surface area contributed by atoms with Crippen molar-refractivity contribution < 1.29 is 39.3 Å². The van der Waals surface area contributed by atoms with E-state index in [1.165, 1.54) is 12.8 Å². The molecule has 0 spiro atoms. The summed E-state index contributed by atoms with van der Waals surface area (Å²) in [4.78, 5) is 61.5. The Morgan fingerprint density at radius 1 is 0.659 bits per heavy atom. The number of aliphatic hydroxyl groups is 3. The van der Waals surface area contributed by atoms with Gasteiger partial charge in [0.25, 0.3) is 0 Å². The number of hydrogen-bond donors (Lipinski definition) is 8. The fraction of sp³-hybridized carbons (Fsp3) is 0.821. The molecule has 13 nitrogen and oxygen atoms in total. The van der Waals surface area contributed by atoms with Crippen molar-refractivity contribution in [3.05, 3.63) is 0 Å². The molecular formula is C28H53N5O8. The predicted octanol–water partition coefficient (Wildman–Crippen LogP) is 0.220. The Kier molecular flexibility index (Phi) is 20.4. The van der Waals surface area contributed by atoms with Crippen LogP contribution in [0.5, 0.6) is 0 Å². The van der Waals surface area contributed by atoms with Gasteiger partial charge in [-0.05, 0) is 31.6 Å². The van der Waals surface area contributed by atoms with Crippen molar-refractivity contribution in [3.63, 3.8) is 0 Å². The first-order valence-corrected chi connectivity index (χ1v) is 14.8. The summed E-state index contributed by atoms with van der Waals surface area (Å²) < 4.78 is 0. The fourth-order valence-electron chi connectivity index (χ4n) is 4.24. The zero-order valence-electron chi connectivity index (χ0n) is 24.9. The van der Waals surface area contributed by atoms with E-state index < -0.39 is 66.5 Å². The highest BCUT2D eigenvalue weighted by Gasteiger charge is 2.30. The first kappa shape index (κ1) is 38.2. The summed E-state index contributed by atoms with van der Waals surface area (Å²) in [5, 5.41) is 36.9. The third-order valence-corrected chi connectivity index (χ3v) is 6.67. The van der Waals surface area contributed by atoms with Crippen LogP contribution in [0.2, 0.25) is 0 Å². The standard InChI is InChI=1S/C28H53N5O8/c1-4-5-6-7-8-9-10-11-19(34)16-25(37)31-22(17-24(30)36)27(39)32-20(14-15-23(29)35)26(38)33-21(28(40)41)13-12-18(2)3/h18-22,28,34,40-41H,4-17H2,1-3H3,(H2,29,35)(H2,30,36)(H,31,37)(H,32,39)(H,33,38)/t19-,20+,21-,22+/m1/s1. The molecule has 0 aromatic carbocycles. The quantitative estimate of drug-likeness (QED) is 0.0573. The average Bonchev–Trinajstić information content (AvgIpc) is 2.86. The van der Waals surface area contributed by atoms with Crippen molar-refractivity contribution in [3.8, 4) is 0 Å². The Morgan fingerprint density at radius 2 is 1.24 bits per heavy atom. The normalized spacial score (nSPS) is 14.2. The third-order valence-electron chi connectivity index (χ3n) is 6.67. The average molecular weight is 588 g/mol. The summed E-state index contributed by atoms with van der Waals surface area (Å²) in [6, 6.07) is -3.79. The van der Waals surface area contributed by atoms with Gasteiger partial charge >= 0.3 is 0 Å². The van der Waals surface area contributed by atoms with Crippen molar-refractivity contribution in [2.24, 2.45) is 17.4 Å². The molecule has 0 unspecified atom stereocenters. The van der Waals surface area contributed by atoms with E-state index in [2.05, 4.69) is 22.9 Å². The number of rotatable bonds is 24. The number of carbonyl (C=O) groups excluding carboxylic acids is 5. The molecule has 0 aliphatic carbocycles. The van der Waals surface area contributed by atoms with Gasteiger partial charge in [0, 0.05) is 6.42 Å². The first-order valence-electron chi connectivity index (χ1n) is 14.8. The van der Waals surface area contributed by atoms with Crippen molar-refractivity contribution in [2.45, 2.75) is 141 Å². The number of hydrogen-bond acceptors (Lipinski definition) is 8. The molecule has 0 heterocycles. The van der Waals surface area contributed by atoms with Gasteiger partial charge in [0.05, 0.1) is 25.0 Å². The monoisotopic (exact) mass is 587 g/mol. The van der Waals surface area contributed by atoms with Gasteiger partial charge in [0.1, 0.15) is 12.1 Å². The maximum absolute atomic E-state index is 13.0. The van der Waals surface area contributed by atoms with Crippen LogP contribution >= 0.6 is 0 Å². The summed E-state index contributed by atoms with van der Waals surface area (Å²) >= 11 is 0. The van der Waals surface area contributed by atoms with E-state index in [0.717, 1.165) is 32.1 Å². The number of nitrogens with one attached hydrogen (secondary N) is 3. The van der Waals surface area contributed by atoms with E-state index in [4.69, 9.17) is 11.5 Å². The van der Waals surface area contributed by atoms with Crippen LogP contribution in [-0.4, -0.2) is 75.4 Å². The van der Waals surface area contributed by atoms with Gasteiger partial charge < -0.3 is 42.7 Å². The number of amides is 5. The van der Waals surface area contributed by atoms with Crippen molar-refractivity contribution >= 4 is 29.5 Å². The lowest BCUT2D eigenvalue weighted by molar-refractivity contribution is -0.135. The Bertz CT molecular complexity index is 808. The topological polar surface area (TPSA) is 234 Å². The molecule has 0 fully saturated rings. The molecule has 41 heavy (non-hydrogen) atoms. The number of aliphatic hydroxyl groups excluding tert-OH is 2. The summed E-state index contributed by atoms with van der Waals surface area (Å²) in [6.07, 6.45) is 4.55. The lowest BCUT2D eigenvalue weighted by atomic mass is 10.0. The third kappa shape index (κ3) is 19.9. The Morgan fingerprint density at radius 3 is 1.78 bits per heavy atom. The van der Waals surface area contributed by atoms with Crippen LogP contribution in [0.3, 0.4) is 0 Å². The molecule has 0 rings (SSSR count). The van der Waals surface area contributed by atoms with Gasteiger partial charge in [-0.2, -0.15) is 0 Å². The van der Waals surface area contributed by atoms with E-state index in [1.54, 1.807) is 0 Å². The van der Waals surface area contributed by atoms with Crippen LogP contribution in [0.15, 0.2) is 0 Å². The summed E-state index contributed by atoms with van der Waals surface area (Å²) in [5.74, 6) is -3.76. The molecule has 10 N–H and O–H groups in total. The Hall–Kier alpha value is -2.77. The number of primary amides is 2. The smallest absolute Gasteiger partial charge is 0.243 e. The summed E-state index contributed by atoms with van der Waals surface area (Å²) in [7, 11) is 0. The molecule has 0 saturated heterocycles. The molecular weight excluding hydrogens is 534 g/mol. The maximum atomic E-state index is 13.0. The van der Waals surface area contributed by atoms with Crippen LogP contribution in [0.1, 0.15) is 111 Å². The molecule has 0 radical (unpaired) electrons. The van der Waals surface area contributed by atoms with E-state index >= 15 is 0 Å². The number of unbranched alkanes of at least 4 members (excludes halogenated alkanes) is 6. The molecule has 0 saturated carbocycles. The number of nitrogens with two attached hydrogens (primary N) is 2. The van der Waals surface area contributed by atoms with Gasteiger partial charge in [-0.3, -0.25) is 24.0 Å². The van der Waals surface area contributed by atoms with Crippen LogP contribution < -0.4 is 27.4 Å². The largest absolute Gasteiger partial charge is 0.393 e. The van der Waals surface area contributed by atoms with Crippen molar-refractivity contribution in [2.75, 3.05) is 0 Å². The molecule has 0 aromatic rings. The van der Waals surface area contributed by atoms with Gasteiger partial charge in [-0.15, -0.1) is 0 Å². The Balaban J connectivity index is 5.22. The van der Waals surface area contributed by atoms with Crippen LogP contribution in [-0.2, 0) is 24.0 Å². The lowest BCUT2D eigenvalue weighted by Gasteiger charge is -2.26. The minimum atomic E-state index is -1.86. The maximum Gasteiger partial charge on any atom is 0.243 e. The highest BCUT2D eigenvalue weighted by molar-refractivity contribution is 5.95. The molecule has 5 amide bonds. The zero-order valence-corrected chi connectivity index (χ0v) is 24.9. The fourth-order valence-corrected chi connectivity index (χ4v) is 4.24. The number of carbonyl (C=O) groups is 5. The van der Waals surface area contributed by atoms with Crippen molar-refractivity contribution in [1.82, 2.24) is 16.0 Å². The first-order chi connectivity index (χ1) is 19.3. The zero-order chi connectivity index (χ0) is 31.4. The second kappa shape index (κ2) is 21.9. The van der Waals surface area contributed by atoms with E-state index in [0.29, 0.717) is 12.8 Å². The van der Waals surface area contributed by atoms with Gasteiger partial charge in [-0.25, -0.2) is 0 Å². The molecule has 0 aromatic heterocycles. The molecule has 0 aliphatic rings. The SMILES string of the molecule is CCCCCCCCC[C@@H](O)CC(=O)N[C@@H](CC(N)=O)C(=O)N[C@@H](CCC(N)=O)C(=O)N[C@H](CCC(C)C)C(O)O. The van der Waals surface area contributed by atoms with E-state index in [1.807, 2.05) is 13.8 Å². The highest BCUT2D eigenvalue weighted by Crippen LogP contribution is 2.12. The Labute approximate surface area is 243 Å². The highest BCUT2D eigenvalue weighted by atomic mass is 16.5. The van der Waals surface area contributed by atoms with Crippen LogP contribution in [0.25, 0.3) is 0 Å². The van der Waals surface area contributed by atoms with Gasteiger partial charge in [-0.1, -0.05) is 65.7 Å². The predicted molar refractivity (Wildman–Crippen MR) is 154 cm³/mol. The minimum absolute atomic E-state index is 0.209. The van der Waals surface area contributed by atoms with Gasteiger partial charge in [0.15, 0.2) is 6.29 Å². The lowest BCUT2D eigenvalue weighted by Crippen LogP contribution is -2.57. The van der Waals surface area contributed by atoms with Crippen LogP contribution in [0, 0.1) is 5.92 Å². The summed E-state index contributed by atoms with van der Waals surface area (Å²) in [6.45, 7) is 6.01. The summed E-state index contributed by atoms with van der Waals surface area (Å²) in [5.41, 5.74) is 10.5. The van der Waals surface area contributed by atoms with Crippen LogP contribution in [0.4, 0.5) is 0 Å². The van der Waals surface area contributed by atoms with E-state index in [9.17, 15) is 39.3 Å². The minimum Gasteiger partial charge on any atom is -0.393 e. The van der Waals surface area contributed by atoms with Crippen molar-refractivity contribution in [1.29, 1.82) is 0 Å². The molecule has 0 aliphatic heterocycles. The second-order valence-electron chi connectivity index (χ2n) is 11.1. The second-order valence-corrected chi connectivity index (χ2v) is 11.1. The molecule has 13 heteroatoms.